The average Bonchev–Trinajstić information content (AvgIpc) is 2.73. The Morgan fingerprint density at radius 3 is 2.59 bits per heavy atom. The van der Waals surface area contributed by atoms with Crippen molar-refractivity contribution in [1.29, 1.82) is 0 Å². The van der Waals surface area contributed by atoms with E-state index in [4.69, 9.17) is 0 Å². The van der Waals surface area contributed by atoms with Crippen molar-refractivity contribution in [3.8, 4) is 0 Å². The van der Waals surface area contributed by atoms with Gasteiger partial charge in [-0.2, -0.15) is 0 Å². The molecule has 1 saturated heterocycles. The van der Waals surface area contributed by atoms with Gasteiger partial charge in [-0.1, -0.05) is 13.8 Å². The van der Waals surface area contributed by atoms with Crippen LogP contribution in [0.1, 0.15) is 45.1 Å². The zero-order valence-electron chi connectivity index (χ0n) is 17.2. The highest BCUT2D eigenvalue weighted by Crippen LogP contribution is 2.23. The minimum absolute atomic E-state index is 0.551. The van der Waals surface area contributed by atoms with Crippen LogP contribution in [0.2, 0.25) is 0 Å². The summed E-state index contributed by atoms with van der Waals surface area (Å²) in [4.78, 5) is 13.9. The maximum absolute atomic E-state index is 4.60. The molecule has 0 spiro atoms. The number of hydrogen-bond donors (Lipinski definition) is 2. The van der Waals surface area contributed by atoms with E-state index in [2.05, 4.69) is 56.4 Å². The third-order valence-corrected chi connectivity index (χ3v) is 5.99. The number of nitrogens with one attached hydrogen (secondary N) is 2. The second kappa shape index (κ2) is 9.93. The second-order valence-electron chi connectivity index (χ2n) is 7.97. The lowest BCUT2D eigenvalue weighted by molar-refractivity contribution is 0.270. The van der Waals surface area contributed by atoms with Crippen LogP contribution >= 0.6 is 0 Å². The summed E-state index contributed by atoms with van der Waals surface area (Å²) in [5.74, 6) is 2.87. The monoisotopic (exact) mass is 372 g/mol. The van der Waals surface area contributed by atoms with E-state index in [-0.39, 0.29) is 0 Å². The number of rotatable bonds is 5. The molecule has 1 aromatic rings. The fourth-order valence-electron chi connectivity index (χ4n) is 4.01. The zero-order chi connectivity index (χ0) is 19.1. The Balaban J connectivity index is 1.50. The molecule has 0 atom stereocenters. The summed E-state index contributed by atoms with van der Waals surface area (Å²) in [6, 6.07) is 4.86. The summed E-state index contributed by atoms with van der Waals surface area (Å²) in [5, 5.41) is 7.07. The molecule has 2 fully saturated rings. The normalized spacial score (nSPS) is 24.7. The van der Waals surface area contributed by atoms with E-state index in [9.17, 15) is 0 Å². The Morgan fingerprint density at radius 2 is 1.93 bits per heavy atom. The Hall–Kier alpha value is -1.82. The SMILES string of the molecule is CCN1CCN(c2cc(CNC(=NC)NC3CCC(C)CC3)ccn2)CC1. The van der Waals surface area contributed by atoms with Gasteiger partial charge in [0, 0.05) is 52.0 Å². The number of piperazine rings is 1. The first-order chi connectivity index (χ1) is 13.2. The van der Waals surface area contributed by atoms with Crippen molar-refractivity contribution >= 4 is 11.8 Å². The molecule has 1 aliphatic carbocycles. The third kappa shape index (κ3) is 5.83. The van der Waals surface area contributed by atoms with Gasteiger partial charge in [0.1, 0.15) is 5.82 Å². The molecule has 0 aromatic carbocycles. The molecule has 0 unspecified atom stereocenters. The van der Waals surface area contributed by atoms with Crippen molar-refractivity contribution in [3.63, 3.8) is 0 Å². The summed E-state index contributed by atoms with van der Waals surface area (Å²) in [6.07, 6.45) is 7.04. The molecule has 6 nitrogen and oxygen atoms in total. The van der Waals surface area contributed by atoms with Crippen molar-refractivity contribution in [2.24, 2.45) is 10.9 Å². The van der Waals surface area contributed by atoms with Crippen molar-refractivity contribution in [1.82, 2.24) is 20.5 Å². The van der Waals surface area contributed by atoms with Crippen molar-refractivity contribution in [2.75, 3.05) is 44.7 Å². The van der Waals surface area contributed by atoms with Crippen molar-refractivity contribution in [2.45, 2.75) is 52.1 Å². The van der Waals surface area contributed by atoms with Gasteiger partial charge >= 0.3 is 0 Å². The van der Waals surface area contributed by atoms with Crippen LogP contribution in [0.15, 0.2) is 23.3 Å². The molecule has 150 valence electrons. The van der Waals surface area contributed by atoms with Crippen LogP contribution in [0.5, 0.6) is 0 Å². The zero-order valence-corrected chi connectivity index (χ0v) is 17.2. The number of nitrogens with zero attached hydrogens (tertiary/aromatic N) is 4. The molecule has 0 bridgehead atoms. The number of aliphatic imine (C=N–C) groups is 1. The van der Waals surface area contributed by atoms with Gasteiger partial charge in [0.2, 0.25) is 0 Å². The van der Waals surface area contributed by atoms with Crippen molar-refractivity contribution in [3.05, 3.63) is 23.9 Å². The van der Waals surface area contributed by atoms with Gasteiger partial charge in [-0.3, -0.25) is 4.99 Å². The highest BCUT2D eigenvalue weighted by Gasteiger charge is 2.19. The molecule has 3 rings (SSSR count). The molecule has 0 amide bonds. The lowest BCUT2D eigenvalue weighted by Crippen LogP contribution is -2.46. The van der Waals surface area contributed by atoms with E-state index in [1.54, 1.807) is 0 Å². The Morgan fingerprint density at radius 1 is 1.19 bits per heavy atom. The molecule has 2 heterocycles. The van der Waals surface area contributed by atoms with E-state index < -0.39 is 0 Å². The van der Waals surface area contributed by atoms with Gasteiger partial charge in [-0.05, 0) is 55.8 Å². The number of pyridine rings is 1. The first-order valence-corrected chi connectivity index (χ1v) is 10.6. The fourth-order valence-corrected chi connectivity index (χ4v) is 4.01. The largest absolute Gasteiger partial charge is 0.354 e. The van der Waals surface area contributed by atoms with E-state index in [0.717, 1.165) is 57.0 Å². The van der Waals surface area contributed by atoms with E-state index in [0.29, 0.717) is 6.04 Å². The Labute approximate surface area is 164 Å². The standard InChI is InChI=1S/C21H36N6/c1-4-26-11-13-27(14-12-26)20-15-18(9-10-23-20)16-24-21(22-3)25-19-7-5-17(2)6-8-19/h9-10,15,17,19H,4-8,11-14,16H2,1-3H3,(H2,22,24,25). The number of guanidine groups is 1. The lowest BCUT2D eigenvalue weighted by Gasteiger charge is -2.34. The van der Waals surface area contributed by atoms with Crippen LogP contribution in [0.25, 0.3) is 0 Å². The van der Waals surface area contributed by atoms with Crippen LogP contribution in [0.4, 0.5) is 5.82 Å². The van der Waals surface area contributed by atoms with Crippen LogP contribution in [0.3, 0.4) is 0 Å². The maximum atomic E-state index is 4.60. The van der Waals surface area contributed by atoms with Crippen molar-refractivity contribution < 1.29 is 0 Å². The fraction of sp³-hybridized carbons (Fsp3) is 0.714. The van der Waals surface area contributed by atoms with Gasteiger partial charge in [0.05, 0.1) is 0 Å². The van der Waals surface area contributed by atoms with Gasteiger partial charge < -0.3 is 20.4 Å². The molecule has 2 N–H and O–H groups in total. The minimum atomic E-state index is 0.551. The summed E-state index contributed by atoms with van der Waals surface area (Å²) in [6.45, 7) is 10.8. The van der Waals surface area contributed by atoms with Crippen LogP contribution < -0.4 is 15.5 Å². The Bertz CT molecular complexity index is 600. The molecule has 1 saturated carbocycles. The van der Waals surface area contributed by atoms with Gasteiger partial charge in [0.25, 0.3) is 0 Å². The molecular formula is C21H36N6. The molecule has 2 aliphatic rings. The first kappa shape index (κ1) is 19.9. The summed E-state index contributed by atoms with van der Waals surface area (Å²) >= 11 is 0. The van der Waals surface area contributed by atoms with Crippen LogP contribution in [-0.2, 0) is 6.54 Å². The molecular weight excluding hydrogens is 336 g/mol. The quantitative estimate of drug-likeness (QED) is 0.614. The number of likely N-dealkylation sites (N-methyl/N-ethyl adjacent to an activating group) is 1. The van der Waals surface area contributed by atoms with Gasteiger partial charge in [-0.15, -0.1) is 0 Å². The number of anilines is 1. The summed E-state index contributed by atoms with van der Waals surface area (Å²) in [5.41, 5.74) is 1.25. The highest BCUT2D eigenvalue weighted by atomic mass is 15.3. The van der Waals surface area contributed by atoms with E-state index >= 15 is 0 Å². The number of hydrogen-bond acceptors (Lipinski definition) is 4. The predicted molar refractivity (Wildman–Crippen MR) is 113 cm³/mol. The topological polar surface area (TPSA) is 55.8 Å². The second-order valence-corrected chi connectivity index (χ2v) is 7.97. The van der Waals surface area contributed by atoms with Crippen LogP contribution in [0, 0.1) is 5.92 Å². The highest BCUT2D eigenvalue weighted by molar-refractivity contribution is 5.80. The van der Waals surface area contributed by atoms with Gasteiger partial charge in [-0.25, -0.2) is 4.98 Å². The molecule has 27 heavy (non-hydrogen) atoms. The average molecular weight is 373 g/mol. The van der Waals surface area contributed by atoms with E-state index in [1.165, 1.54) is 31.2 Å². The smallest absolute Gasteiger partial charge is 0.191 e. The third-order valence-electron chi connectivity index (χ3n) is 5.99. The first-order valence-electron chi connectivity index (χ1n) is 10.6. The Kier molecular flexibility index (Phi) is 7.33. The summed E-state index contributed by atoms with van der Waals surface area (Å²) in [7, 11) is 1.85. The van der Waals surface area contributed by atoms with Gasteiger partial charge in [0.15, 0.2) is 5.96 Å². The maximum Gasteiger partial charge on any atom is 0.191 e. The molecule has 1 aromatic heterocycles. The molecule has 6 heteroatoms. The number of aromatic nitrogens is 1. The van der Waals surface area contributed by atoms with Crippen LogP contribution in [-0.4, -0.2) is 61.7 Å². The molecule has 0 radical (unpaired) electrons. The molecule has 1 aliphatic heterocycles. The van der Waals surface area contributed by atoms with E-state index in [1.807, 2.05) is 13.2 Å². The minimum Gasteiger partial charge on any atom is -0.354 e. The predicted octanol–water partition coefficient (Wildman–Crippen LogP) is 2.47. The summed E-state index contributed by atoms with van der Waals surface area (Å²) < 4.78 is 0. The lowest BCUT2D eigenvalue weighted by atomic mass is 9.87.